The minimum Gasteiger partial charge on any atom is -0.394 e. The lowest BCUT2D eigenvalue weighted by Crippen LogP contribution is -2.41. The number of aryl methyl sites for hydroxylation is 1. The van der Waals surface area contributed by atoms with E-state index >= 15 is 0 Å². The van der Waals surface area contributed by atoms with Crippen molar-refractivity contribution in [2.75, 3.05) is 26.3 Å². The van der Waals surface area contributed by atoms with Crippen LogP contribution in [0.1, 0.15) is 18.4 Å². The van der Waals surface area contributed by atoms with Gasteiger partial charge in [-0.15, -0.1) is 0 Å². The van der Waals surface area contributed by atoms with E-state index in [1.807, 2.05) is 0 Å². The first-order valence-corrected chi connectivity index (χ1v) is 8.38. The van der Waals surface area contributed by atoms with Crippen molar-refractivity contribution in [3.8, 4) is 0 Å². The summed E-state index contributed by atoms with van der Waals surface area (Å²) in [5, 5.41) is 8.72. The largest absolute Gasteiger partial charge is 0.394 e. The lowest BCUT2D eigenvalue weighted by atomic mass is 10.1. The van der Waals surface area contributed by atoms with Gasteiger partial charge in [0.2, 0.25) is 10.0 Å². The maximum Gasteiger partial charge on any atom is 0.243 e. The van der Waals surface area contributed by atoms with Crippen LogP contribution in [-0.2, 0) is 14.8 Å². The van der Waals surface area contributed by atoms with E-state index in [9.17, 15) is 12.8 Å². The lowest BCUT2D eigenvalue weighted by Gasteiger charge is -2.31. The van der Waals surface area contributed by atoms with Crippen LogP contribution in [-0.4, -0.2) is 50.2 Å². The summed E-state index contributed by atoms with van der Waals surface area (Å²) in [5.74, 6) is -0.442. The summed E-state index contributed by atoms with van der Waals surface area (Å²) in [6, 6.07) is 3.70. The minimum absolute atomic E-state index is 0.0158. The van der Waals surface area contributed by atoms with Gasteiger partial charge in [0, 0.05) is 13.1 Å². The van der Waals surface area contributed by atoms with Crippen molar-refractivity contribution >= 4 is 10.0 Å². The molecular weight excluding hydrogens is 297 g/mol. The van der Waals surface area contributed by atoms with Gasteiger partial charge in [-0.25, -0.2) is 12.8 Å². The number of aliphatic hydroxyl groups is 1. The van der Waals surface area contributed by atoms with Gasteiger partial charge in [-0.2, -0.15) is 4.31 Å². The molecule has 0 aliphatic carbocycles. The number of sulfonamides is 1. The third kappa shape index (κ3) is 3.79. The Morgan fingerprint density at radius 3 is 2.62 bits per heavy atom. The zero-order valence-corrected chi connectivity index (χ0v) is 12.8. The normalized spacial score (nSPS) is 18.0. The molecule has 1 heterocycles. The number of ether oxygens (including phenoxy) is 1. The maximum atomic E-state index is 13.1. The van der Waals surface area contributed by atoms with Crippen LogP contribution in [0.3, 0.4) is 0 Å². The van der Waals surface area contributed by atoms with Gasteiger partial charge in [-0.05, 0) is 43.5 Å². The Labute approximate surface area is 124 Å². The second-order valence-corrected chi connectivity index (χ2v) is 7.01. The van der Waals surface area contributed by atoms with Crippen LogP contribution in [0.4, 0.5) is 4.39 Å². The molecule has 0 aromatic heterocycles. The molecule has 2 rings (SSSR count). The zero-order valence-electron chi connectivity index (χ0n) is 12.0. The lowest BCUT2D eigenvalue weighted by molar-refractivity contribution is 0.00318. The van der Waals surface area contributed by atoms with Crippen molar-refractivity contribution in [3.63, 3.8) is 0 Å². The van der Waals surface area contributed by atoms with E-state index in [4.69, 9.17) is 9.84 Å². The summed E-state index contributed by atoms with van der Waals surface area (Å²) in [6.07, 6.45) is 1.18. The van der Waals surface area contributed by atoms with E-state index in [1.165, 1.54) is 16.4 Å². The Bertz CT molecular complexity index is 583. The second-order valence-electron chi connectivity index (χ2n) is 5.11. The number of hydrogen-bond donors (Lipinski definition) is 1. The average molecular weight is 317 g/mol. The third-order valence-electron chi connectivity index (χ3n) is 3.60. The van der Waals surface area contributed by atoms with Gasteiger partial charge in [0.25, 0.3) is 0 Å². The molecule has 0 unspecified atom stereocenters. The topological polar surface area (TPSA) is 66.8 Å². The molecule has 21 heavy (non-hydrogen) atoms. The number of piperidine rings is 1. The Morgan fingerprint density at radius 1 is 1.38 bits per heavy atom. The Balaban J connectivity index is 2.08. The summed E-state index contributed by atoms with van der Waals surface area (Å²) in [6.45, 7) is 2.57. The molecule has 1 aromatic carbocycles. The molecule has 0 spiro atoms. The van der Waals surface area contributed by atoms with Gasteiger partial charge in [-0.3, -0.25) is 0 Å². The monoisotopic (exact) mass is 317 g/mol. The standard InChI is InChI=1S/C14H20FNO4S/c1-11-10-12(15)2-3-14(11)21(18,19)16-6-4-13(5-7-16)20-9-8-17/h2-3,10,13,17H,4-9H2,1H3. The van der Waals surface area contributed by atoms with E-state index < -0.39 is 15.8 Å². The molecule has 1 aliphatic rings. The number of halogens is 1. The molecule has 1 fully saturated rings. The number of benzene rings is 1. The fraction of sp³-hybridized carbons (Fsp3) is 0.571. The first-order valence-electron chi connectivity index (χ1n) is 6.94. The van der Waals surface area contributed by atoms with Crippen LogP contribution in [0, 0.1) is 12.7 Å². The quantitative estimate of drug-likeness (QED) is 0.889. The molecule has 0 bridgehead atoms. The molecule has 5 nitrogen and oxygen atoms in total. The van der Waals surface area contributed by atoms with Gasteiger partial charge in [0.15, 0.2) is 0 Å². The van der Waals surface area contributed by atoms with Crippen molar-refractivity contribution in [2.45, 2.75) is 30.8 Å². The van der Waals surface area contributed by atoms with Gasteiger partial charge in [0.1, 0.15) is 5.82 Å². The van der Waals surface area contributed by atoms with Crippen LogP contribution in [0.5, 0.6) is 0 Å². The van der Waals surface area contributed by atoms with Crippen LogP contribution in [0.2, 0.25) is 0 Å². The predicted molar refractivity (Wildman–Crippen MR) is 76.0 cm³/mol. The minimum atomic E-state index is -3.59. The fourth-order valence-electron chi connectivity index (χ4n) is 2.50. The number of hydrogen-bond acceptors (Lipinski definition) is 4. The molecule has 1 saturated heterocycles. The van der Waals surface area contributed by atoms with Crippen molar-refractivity contribution in [3.05, 3.63) is 29.6 Å². The third-order valence-corrected chi connectivity index (χ3v) is 5.66. The molecule has 7 heteroatoms. The second kappa shape index (κ2) is 6.83. The highest BCUT2D eigenvalue weighted by molar-refractivity contribution is 7.89. The van der Waals surface area contributed by atoms with E-state index in [0.717, 1.165) is 6.07 Å². The van der Waals surface area contributed by atoms with E-state index in [1.54, 1.807) is 6.92 Å². The first kappa shape index (κ1) is 16.4. The fourth-order valence-corrected chi connectivity index (χ4v) is 4.18. The van der Waals surface area contributed by atoms with Crippen LogP contribution < -0.4 is 0 Å². The summed E-state index contributed by atoms with van der Waals surface area (Å²) in [7, 11) is -3.59. The van der Waals surface area contributed by atoms with Gasteiger partial charge in [-0.1, -0.05) is 0 Å². The van der Waals surface area contributed by atoms with Crippen LogP contribution in [0.15, 0.2) is 23.1 Å². The predicted octanol–water partition coefficient (Wildman–Crippen LogP) is 1.30. The first-order chi connectivity index (χ1) is 9.95. The Kier molecular flexibility index (Phi) is 5.32. The smallest absolute Gasteiger partial charge is 0.243 e. The highest BCUT2D eigenvalue weighted by atomic mass is 32.2. The number of nitrogens with zero attached hydrogens (tertiary/aromatic N) is 1. The average Bonchev–Trinajstić information content (AvgIpc) is 2.45. The highest BCUT2D eigenvalue weighted by Gasteiger charge is 2.30. The van der Waals surface area contributed by atoms with Crippen LogP contribution in [0.25, 0.3) is 0 Å². The summed E-state index contributed by atoms with van der Waals surface area (Å²) >= 11 is 0. The number of rotatable bonds is 5. The van der Waals surface area contributed by atoms with Crippen molar-refractivity contribution < 1.29 is 22.7 Å². The molecule has 1 aromatic rings. The Hall–Kier alpha value is -1.02. The summed E-state index contributed by atoms with van der Waals surface area (Å²) in [4.78, 5) is 0.152. The van der Waals surface area contributed by atoms with E-state index in [2.05, 4.69) is 0 Å². The summed E-state index contributed by atoms with van der Waals surface area (Å²) < 4.78 is 45.1. The van der Waals surface area contributed by atoms with E-state index in [-0.39, 0.29) is 24.2 Å². The number of aliphatic hydroxyl groups excluding tert-OH is 1. The van der Waals surface area contributed by atoms with Crippen molar-refractivity contribution in [1.82, 2.24) is 4.31 Å². The maximum absolute atomic E-state index is 13.1. The van der Waals surface area contributed by atoms with Crippen molar-refractivity contribution in [2.24, 2.45) is 0 Å². The SMILES string of the molecule is Cc1cc(F)ccc1S(=O)(=O)N1CCC(OCCO)CC1. The van der Waals surface area contributed by atoms with Gasteiger partial charge >= 0.3 is 0 Å². The van der Waals surface area contributed by atoms with Crippen LogP contribution >= 0.6 is 0 Å². The van der Waals surface area contributed by atoms with Crippen molar-refractivity contribution in [1.29, 1.82) is 0 Å². The highest BCUT2D eigenvalue weighted by Crippen LogP contribution is 2.24. The molecule has 0 saturated carbocycles. The Morgan fingerprint density at radius 2 is 2.05 bits per heavy atom. The van der Waals surface area contributed by atoms with Gasteiger partial charge < -0.3 is 9.84 Å². The molecule has 0 radical (unpaired) electrons. The molecule has 0 atom stereocenters. The molecule has 118 valence electrons. The zero-order chi connectivity index (χ0) is 15.5. The summed E-state index contributed by atoms with van der Waals surface area (Å²) in [5.41, 5.74) is 0.411. The van der Waals surface area contributed by atoms with E-state index in [0.29, 0.717) is 31.5 Å². The molecule has 1 N–H and O–H groups in total. The van der Waals surface area contributed by atoms with Gasteiger partial charge in [0.05, 0.1) is 24.2 Å². The molecule has 1 aliphatic heterocycles. The molecular formula is C14H20FNO4S. The molecule has 0 amide bonds.